The molecular weight excluding hydrogens is 327 g/mol. The summed E-state index contributed by atoms with van der Waals surface area (Å²) in [6.07, 6.45) is 2.15. The fourth-order valence-electron chi connectivity index (χ4n) is 3.45. The lowest BCUT2D eigenvalue weighted by atomic mass is 9.98. The lowest BCUT2D eigenvalue weighted by Crippen LogP contribution is -2.37. The van der Waals surface area contributed by atoms with Crippen molar-refractivity contribution in [3.8, 4) is 0 Å². The van der Waals surface area contributed by atoms with Gasteiger partial charge in [-0.15, -0.1) is 6.58 Å². The van der Waals surface area contributed by atoms with Gasteiger partial charge in [-0.3, -0.25) is 14.5 Å². The van der Waals surface area contributed by atoms with E-state index in [1.165, 1.54) is 19.2 Å². The Morgan fingerprint density at radius 1 is 1.44 bits per heavy atom. The molecule has 4 atom stereocenters. The van der Waals surface area contributed by atoms with E-state index in [0.29, 0.717) is 19.4 Å². The van der Waals surface area contributed by atoms with Crippen LogP contribution < -0.4 is 5.48 Å². The summed E-state index contributed by atoms with van der Waals surface area (Å²) in [5, 5.41) is 1.83. The lowest BCUT2D eigenvalue weighted by molar-refractivity contribution is -0.179. The normalized spacial score (nSPS) is 29.7. The molecule has 2 heterocycles. The number of amides is 1. The van der Waals surface area contributed by atoms with Crippen molar-refractivity contribution in [3.05, 3.63) is 47.8 Å². The molecule has 6 nitrogen and oxygen atoms in total. The van der Waals surface area contributed by atoms with Crippen LogP contribution in [0.1, 0.15) is 30.0 Å². The molecule has 7 heteroatoms. The summed E-state index contributed by atoms with van der Waals surface area (Å²) in [6.45, 7) is 6.02. The molecule has 136 valence electrons. The van der Waals surface area contributed by atoms with E-state index >= 15 is 0 Å². The molecule has 1 N–H and O–H groups in total. The fraction of sp³-hybridized carbons (Fsp3) is 0.500. The summed E-state index contributed by atoms with van der Waals surface area (Å²) in [4.78, 5) is 22.5. The number of hydrogen-bond acceptors (Lipinski definition) is 5. The van der Waals surface area contributed by atoms with E-state index in [-0.39, 0.29) is 29.9 Å². The molecule has 1 aromatic rings. The van der Waals surface area contributed by atoms with Crippen molar-refractivity contribution in [3.63, 3.8) is 0 Å². The Kier molecular flexibility index (Phi) is 5.48. The number of carbonyl (C=O) groups is 1. The monoisotopic (exact) mass is 350 g/mol. The van der Waals surface area contributed by atoms with Gasteiger partial charge in [0, 0.05) is 12.8 Å². The predicted octanol–water partition coefficient (Wildman–Crippen LogP) is 2.20. The number of aryl methyl sites for hydroxylation is 1. The van der Waals surface area contributed by atoms with Crippen LogP contribution in [0.4, 0.5) is 4.39 Å². The van der Waals surface area contributed by atoms with Gasteiger partial charge in [0.05, 0.1) is 31.9 Å². The predicted molar refractivity (Wildman–Crippen MR) is 88.7 cm³/mol. The highest BCUT2D eigenvalue weighted by atomic mass is 19.1. The Bertz CT molecular complexity index is 634. The van der Waals surface area contributed by atoms with Crippen molar-refractivity contribution < 1.29 is 23.6 Å². The first-order chi connectivity index (χ1) is 12.0. The van der Waals surface area contributed by atoms with Crippen molar-refractivity contribution in [1.29, 1.82) is 0 Å². The average molecular weight is 350 g/mol. The minimum absolute atomic E-state index is 0.105. The number of nitrogens with one attached hydrogen (secondary N) is 1. The summed E-state index contributed by atoms with van der Waals surface area (Å²) in [5.41, 5.74) is 4.00. The third-order valence-corrected chi connectivity index (χ3v) is 4.56. The van der Waals surface area contributed by atoms with Crippen molar-refractivity contribution >= 4 is 5.91 Å². The van der Waals surface area contributed by atoms with Gasteiger partial charge in [0.15, 0.2) is 0 Å². The highest BCUT2D eigenvalue weighted by Crippen LogP contribution is 2.39. The van der Waals surface area contributed by atoms with Crippen LogP contribution in [0.5, 0.6) is 0 Å². The van der Waals surface area contributed by atoms with Crippen LogP contribution in [-0.2, 0) is 19.2 Å². The van der Waals surface area contributed by atoms with E-state index in [2.05, 4.69) is 16.9 Å². The molecule has 1 amide bonds. The highest BCUT2D eigenvalue weighted by Gasteiger charge is 2.43. The van der Waals surface area contributed by atoms with Gasteiger partial charge in [0.25, 0.3) is 5.91 Å². The first kappa shape index (κ1) is 18.0. The van der Waals surface area contributed by atoms with E-state index in [9.17, 15) is 9.18 Å². The number of halogens is 1. The molecule has 0 spiro atoms. The molecule has 2 aliphatic rings. The van der Waals surface area contributed by atoms with Crippen molar-refractivity contribution in [2.45, 2.75) is 44.1 Å². The van der Waals surface area contributed by atoms with Gasteiger partial charge in [-0.2, -0.15) is 5.06 Å². The van der Waals surface area contributed by atoms with Crippen LogP contribution in [0.15, 0.2) is 30.9 Å². The smallest absolute Gasteiger partial charge is 0.272 e. The van der Waals surface area contributed by atoms with Crippen LogP contribution >= 0.6 is 0 Å². The van der Waals surface area contributed by atoms with Gasteiger partial charge >= 0.3 is 0 Å². The second-order valence-electron chi connectivity index (χ2n) is 6.43. The highest BCUT2D eigenvalue weighted by molar-refractivity contribution is 5.80. The number of carbonyl (C=O) groups excluding carboxylic acids is 1. The quantitative estimate of drug-likeness (QED) is 0.652. The molecular formula is C18H23FN2O4. The lowest BCUT2D eigenvalue weighted by Gasteiger charge is -2.28. The van der Waals surface area contributed by atoms with Gasteiger partial charge in [-0.25, -0.2) is 9.87 Å². The van der Waals surface area contributed by atoms with Crippen LogP contribution in [0.25, 0.3) is 0 Å². The molecule has 0 saturated carbocycles. The Morgan fingerprint density at radius 2 is 2.24 bits per heavy atom. The molecule has 0 aliphatic carbocycles. The van der Waals surface area contributed by atoms with Crippen LogP contribution in [-0.4, -0.2) is 42.9 Å². The second-order valence-corrected chi connectivity index (χ2v) is 6.43. The number of hydroxylamine groups is 3. The molecule has 2 saturated heterocycles. The van der Waals surface area contributed by atoms with Gasteiger partial charge < -0.3 is 4.74 Å². The largest absolute Gasteiger partial charge is 0.367 e. The third kappa shape index (κ3) is 3.90. The van der Waals surface area contributed by atoms with Crippen LogP contribution in [0.2, 0.25) is 0 Å². The molecule has 1 aromatic carbocycles. The zero-order valence-electron chi connectivity index (χ0n) is 14.4. The first-order valence-corrected chi connectivity index (χ1v) is 8.31. The number of hydrogen-bond donors (Lipinski definition) is 1. The zero-order valence-corrected chi connectivity index (χ0v) is 14.4. The van der Waals surface area contributed by atoms with Gasteiger partial charge in [0.1, 0.15) is 11.9 Å². The number of benzene rings is 1. The molecule has 3 rings (SSSR count). The van der Waals surface area contributed by atoms with E-state index in [4.69, 9.17) is 9.57 Å². The minimum Gasteiger partial charge on any atom is -0.367 e. The van der Waals surface area contributed by atoms with E-state index in [1.54, 1.807) is 6.08 Å². The van der Waals surface area contributed by atoms with Crippen molar-refractivity contribution in [2.75, 3.05) is 13.7 Å². The van der Waals surface area contributed by atoms with E-state index in [1.807, 2.05) is 18.1 Å². The zero-order chi connectivity index (χ0) is 18.0. The Balaban J connectivity index is 1.78. The maximum atomic E-state index is 13.8. The number of ether oxygens (including phenoxy) is 1. The van der Waals surface area contributed by atoms with Crippen LogP contribution in [0.3, 0.4) is 0 Å². The summed E-state index contributed by atoms with van der Waals surface area (Å²) in [7, 11) is 1.38. The SMILES string of the molecule is C=CC1CC(c2cc(C)cc(F)c2)N([C@H]2CO[C@@H](C(=O)NOC)C2)O1. The van der Waals surface area contributed by atoms with Crippen molar-refractivity contribution in [1.82, 2.24) is 10.5 Å². The Morgan fingerprint density at radius 3 is 2.92 bits per heavy atom. The third-order valence-electron chi connectivity index (χ3n) is 4.56. The Labute approximate surface area is 146 Å². The summed E-state index contributed by atoms with van der Waals surface area (Å²) in [6, 6.07) is 4.77. The standard InChI is InChI=1S/C18H23FN2O4/c1-4-15-9-16(12-5-11(2)6-13(19)7-12)21(25-15)14-8-17(24-10-14)18(22)20-23-3/h4-7,14-17H,1,8-10H2,2-3H3,(H,20,22)/t14-,15?,16?,17-/m1/s1. The van der Waals surface area contributed by atoms with E-state index in [0.717, 1.165) is 11.1 Å². The summed E-state index contributed by atoms with van der Waals surface area (Å²) < 4.78 is 19.4. The number of nitrogens with zero attached hydrogens (tertiary/aromatic N) is 1. The number of rotatable bonds is 5. The molecule has 2 fully saturated rings. The minimum atomic E-state index is -0.591. The topological polar surface area (TPSA) is 60.0 Å². The van der Waals surface area contributed by atoms with Gasteiger partial charge in [0.2, 0.25) is 0 Å². The van der Waals surface area contributed by atoms with E-state index < -0.39 is 6.10 Å². The molecule has 0 bridgehead atoms. The summed E-state index contributed by atoms with van der Waals surface area (Å²) >= 11 is 0. The molecule has 25 heavy (non-hydrogen) atoms. The summed E-state index contributed by atoms with van der Waals surface area (Å²) in [5.74, 6) is -0.584. The fourth-order valence-corrected chi connectivity index (χ4v) is 3.45. The second kappa shape index (κ2) is 7.61. The maximum Gasteiger partial charge on any atom is 0.272 e. The Hall–Kier alpha value is -1.80. The molecule has 2 unspecified atom stereocenters. The maximum absolute atomic E-state index is 13.8. The first-order valence-electron chi connectivity index (χ1n) is 8.31. The molecule has 2 aliphatic heterocycles. The molecule has 0 aromatic heterocycles. The van der Waals surface area contributed by atoms with Crippen LogP contribution in [0, 0.1) is 12.7 Å². The molecule has 0 radical (unpaired) electrons. The van der Waals surface area contributed by atoms with Gasteiger partial charge in [-0.1, -0.05) is 12.1 Å². The average Bonchev–Trinajstić information content (AvgIpc) is 3.21. The van der Waals surface area contributed by atoms with Gasteiger partial charge in [-0.05, 0) is 30.2 Å². The van der Waals surface area contributed by atoms with Crippen molar-refractivity contribution in [2.24, 2.45) is 0 Å².